The first-order chi connectivity index (χ1) is 9.85. The Morgan fingerprint density at radius 2 is 2.05 bits per heavy atom. The molecule has 0 aromatic carbocycles. The third-order valence-corrected chi connectivity index (χ3v) is 4.16. The van der Waals surface area contributed by atoms with Crippen LogP contribution >= 0.6 is 0 Å². The molecule has 0 spiro atoms. The van der Waals surface area contributed by atoms with Crippen molar-refractivity contribution in [1.29, 1.82) is 0 Å². The first kappa shape index (κ1) is 14.0. The van der Waals surface area contributed by atoms with Gasteiger partial charge in [0.2, 0.25) is 0 Å². The van der Waals surface area contributed by atoms with Crippen LogP contribution in [-0.2, 0) is 13.0 Å². The summed E-state index contributed by atoms with van der Waals surface area (Å²) in [6.07, 6.45) is 3.36. The van der Waals surface area contributed by atoms with Gasteiger partial charge in [0.25, 0.3) is 0 Å². The van der Waals surface area contributed by atoms with E-state index < -0.39 is 0 Å². The molecule has 21 heavy (non-hydrogen) atoms. The molecule has 4 heteroatoms. The number of nitrogens with zero attached hydrogens (tertiary/aromatic N) is 3. The highest BCUT2D eigenvalue weighted by Crippen LogP contribution is 2.36. The zero-order valence-corrected chi connectivity index (χ0v) is 13.1. The Morgan fingerprint density at radius 1 is 1.29 bits per heavy atom. The zero-order valence-electron chi connectivity index (χ0n) is 13.1. The number of hydrogen-bond donors (Lipinski definition) is 0. The van der Waals surface area contributed by atoms with E-state index in [4.69, 9.17) is 0 Å². The second kappa shape index (κ2) is 4.79. The average molecular weight is 283 g/mol. The van der Waals surface area contributed by atoms with Crippen molar-refractivity contribution >= 4 is 5.78 Å². The lowest BCUT2D eigenvalue weighted by Gasteiger charge is -2.29. The van der Waals surface area contributed by atoms with E-state index in [-0.39, 0.29) is 11.2 Å². The van der Waals surface area contributed by atoms with Crippen LogP contribution in [0.3, 0.4) is 0 Å². The molecule has 0 radical (unpaired) electrons. The summed E-state index contributed by atoms with van der Waals surface area (Å²) in [5.41, 5.74) is 4.21. The van der Waals surface area contributed by atoms with Gasteiger partial charge in [-0.05, 0) is 37.8 Å². The van der Waals surface area contributed by atoms with Gasteiger partial charge in [-0.25, -0.2) is 9.97 Å². The Bertz CT molecular complexity index is 713. The fourth-order valence-corrected chi connectivity index (χ4v) is 3.18. The maximum absolute atomic E-state index is 12.3. The number of aromatic nitrogens is 3. The van der Waals surface area contributed by atoms with Crippen LogP contribution in [0.25, 0.3) is 0 Å². The zero-order chi connectivity index (χ0) is 15.2. The highest BCUT2D eigenvalue weighted by molar-refractivity contribution is 5.99. The van der Waals surface area contributed by atoms with Crippen molar-refractivity contribution in [2.75, 3.05) is 0 Å². The second-order valence-corrected chi connectivity index (χ2v) is 6.77. The van der Waals surface area contributed by atoms with Crippen molar-refractivity contribution in [2.24, 2.45) is 5.41 Å². The van der Waals surface area contributed by atoms with E-state index >= 15 is 0 Å². The molecule has 2 aromatic heterocycles. The molecule has 3 rings (SSSR count). The predicted molar refractivity (Wildman–Crippen MR) is 81.5 cm³/mol. The number of aryl methyl sites for hydroxylation is 2. The van der Waals surface area contributed by atoms with E-state index in [2.05, 4.69) is 35.3 Å². The van der Waals surface area contributed by atoms with Gasteiger partial charge in [-0.3, -0.25) is 4.79 Å². The summed E-state index contributed by atoms with van der Waals surface area (Å²) in [7, 11) is 0. The highest BCUT2D eigenvalue weighted by Gasteiger charge is 2.33. The quantitative estimate of drug-likeness (QED) is 0.851. The number of rotatable bonds is 2. The van der Waals surface area contributed by atoms with Gasteiger partial charge in [0, 0.05) is 29.6 Å². The lowest BCUT2D eigenvalue weighted by Crippen LogP contribution is -2.28. The standard InChI is InChI=1S/C17H21N3O/c1-11-7-14-15(8-17(3,4)9-16(14)21)20(11)10-13-5-6-18-12(2)19-13/h5-7H,8-10H2,1-4H3. The molecular weight excluding hydrogens is 262 g/mol. The molecule has 0 N–H and O–H groups in total. The summed E-state index contributed by atoms with van der Waals surface area (Å²) in [5, 5.41) is 0. The van der Waals surface area contributed by atoms with Crippen molar-refractivity contribution in [3.63, 3.8) is 0 Å². The lowest BCUT2D eigenvalue weighted by molar-refractivity contribution is 0.0910. The van der Waals surface area contributed by atoms with Crippen LogP contribution in [0.4, 0.5) is 0 Å². The lowest BCUT2D eigenvalue weighted by atomic mass is 9.76. The van der Waals surface area contributed by atoms with E-state index in [1.54, 1.807) is 6.20 Å². The van der Waals surface area contributed by atoms with Gasteiger partial charge in [-0.1, -0.05) is 13.8 Å². The normalized spacial score (nSPS) is 16.9. The second-order valence-electron chi connectivity index (χ2n) is 6.77. The van der Waals surface area contributed by atoms with Crippen molar-refractivity contribution < 1.29 is 4.79 Å². The van der Waals surface area contributed by atoms with Gasteiger partial charge in [0.1, 0.15) is 5.82 Å². The Hall–Kier alpha value is -1.97. The van der Waals surface area contributed by atoms with Crippen molar-refractivity contribution in [3.8, 4) is 0 Å². The molecule has 0 saturated carbocycles. The van der Waals surface area contributed by atoms with Crippen LogP contribution in [-0.4, -0.2) is 20.3 Å². The number of carbonyl (C=O) groups excluding carboxylic acids is 1. The maximum Gasteiger partial charge on any atom is 0.165 e. The summed E-state index contributed by atoms with van der Waals surface area (Å²) in [6.45, 7) is 8.99. The van der Waals surface area contributed by atoms with Gasteiger partial charge >= 0.3 is 0 Å². The molecule has 1 aliphatic rings. The third kappa shape index (κ3) is 2.62. The smallest absolute Gasteiger partial charge is 0.165 e. The number of fused-ring (bicyclic) bond motifs is 1. The van der Waals surface area contributed by atoms with Gasteiger partial charge < -0.3 is 4.57 Å². The van der Waals surface area contributed by atoms with E-state index in [0.717, 1.165) is 34.9 Å². The van der Waals surface area contributed by atoms with Crippen LogP contribution in [0.5, 0.6) is 0 Å². The van der Waals surface area contributed by atoms with E-state index in [1.165, 1.54) is 0 Å². The molecule has 2 aromatic rings. The molecule has 0 saturated heterocycles. The van der Waals surface area contributed by atoms with Crippen LogP contribution in [0.15, 0.2) is 18.3 Å². The van der Waals surface area contributed by atoms with E-state index in [1.807, 2.05) is 19.1 Å². The van der Waals surface area contributed by atoms with E-state index in [0.29, 0.717) is 13.0 Å². The largest absolute Gasteiger partial charge is 0.342 e. The maximum atomic E-state index is 12.3. The Balaban J connectivity index is 2.02. The average Bonchev–Trinajstić information content (AvgIpc) is 2.66. The first-order valence-corrected chi connectivity index (χ1v) is 7.36. The Morgan fingerprint density at radius 3 is 2.76 bits per heavy atom. The van der Waals surface area contributed by atoms with Gasteiger partial charge in [-0.15, -0.1) is 0 Å². The number of ketones is 1. The summed E-state index contributed by atoms with van der Waals surface area (Å²) < 4.78 is 2.23. The number of carbonyl (C=O) groups is 1. The summed E-state index contributed by atoms with van der Waals surface area (Å²) in [4.78, 5) is 21.0. The molecule has 1 aliphatic carbocycles. The molecule has 0 atom stereocenters. The molecule has 0 unspecified atom stereocenters. The molecule has 0 fully saturated rings. The molecule has 0 bridgehead atoms. The SMILES string of the molecule is Cc1nccc(Cn2c(C)cc3c2CC(C)(C)CC3=O)n1. The van der Waals surface area contributed by atoms with Crippen LogP contribution in [0.2, 0.25) is 0 Å². The van der Waals surface area contributed by atoms with Gasteiger partial charge in [0.05, 0.1) is 12.2 Å². The molecule has 0 amide bonds. The Kier molecular flexibility index (Phi) is 3.19. The van der Waals surface area contributed by atoms with Crippen LogP contribution < -0.4 is 0 Å². The molecule has 0 aliphatic heterocycles. The fourth-order valence-electron chi connectivity index (χ4n) is 3.18. The third-order valence-electron chi connectivity index (χ3n) is 4.16. The topological polar surface area (TPSA) is 47.8 Å². The van der Waals surface area contributed by atoms with Gasteiger partial charge in [0.15, 0.2) is 5.78 Å². The minimum Gasteiger partial charge on any atom is -0.342 e. The van der Waals surface area contributed by atoms with Crippen molar-refractivity contribution in [3.05, 3.63) is 46.8 Å². The number of hydrogen-bond acceptors (Lipinski definition) is 3. The molecule has 110 valence electrons. The minimum absolute atomic E-state index is 0.0359. The minimum atomic E-state index is 0.0359. The summed E-state index contributed by atoms with van der Waals surface area (Å²) in [5.74, 6) is 1.05. The van der Waals surface area contributed by atoms with Crippen LogP contribution in [0.1, 0.15) is 53.5 Å². The Labute approximate surface area is 125 Å². The van der Waals surface area contributed by atoms with Crippen LogP contribution in [0, 0.1) is 19.3 Å². The van der Waals surface area contributed by atoms with Crippen molar-refractivity contribution in [1.82, 2.24) is 14.5 Å². The summed E-state index contributed by atoms with van der Waals surface area (Å²) >= 11 is 0. The summed E-state index contributed by atoms with van der Waals surface area (Å²) in [6, 6.07) is 3.97. The predicted octanol–water partition coefficient (Wildman–Crippen LogP) is 3.10. The molecule has 4 nitrogen and oxygen atoms in total. The fraction of sp³-hybridized carbons (Fsp3) is 0.471. The molecular formula is C17H21N3O. The number of Topliss-reactive ketones (excluding diaryl/α,β-unsaturated/α-hetero) is 1. The molecule has 2 heterocycles. The van der Waals surface area contributed by atoms with E-state index in [9.17, 15) is 4.79 Å². The van der Waals surface area contributed by atoms with Gasteiger partial charge in [-0.2, -0.15) is 0 Å². The van der Waals surface area contributed by atoms with Crippen molar-refractivity contribution in [2.45, 2.75) is 47.1 Å². The monoisotopic (exact) mass is 283 g/mol. The first-order valence-electron chi connectivity index (χ1n) is 7.36. The highest BCUT2D eigenvalue weighted by atomic mass is 16.1.